The Balaban J connectivity index is 1.74. The molecule has 3 aromatic rings. The lowest BCUT2D eigenvalue weighted by atomic mass is 10.0. The third-order valence-electron chi connectivity index (χ3n) is 4.84. The minimum absolute atomic E-state index is 0.970. The summed E-state index contributed by atoms with van der Waals surface area (Å²) in [6.45, 7) is 4.35. The molecule has 0 atom stereocenters. The molecule has 0 radical (unpaired) electrons. The van der Waals surface area contributed by atoms with Gasteiger partial charge in [0.05, 0.1) is 0 Å². The molecule has 0 unspecified atom stereocenters. The van der Waals surface area contributed by atoms with Crippen LogP contribution in [-0.4, -0.2) is 6.54 Å². The summed E-state index contributed by atoms with van der Waals surface area (Å²) < 4.78 is 0. The zero-order chi connectivity index (χ0) is 18.0. The van der Waals surface area contributed by atoms with Crippen molar-refractivity contribution in [1.29, 1.82) is 0 Å². The maximum atomic E-state index is 2.51. The topological polar surface area (TPSA) is 3.24 Å². The number of benzene rings is 3. The molecule has 0 heterocycles. The van der Waals surface area contributed by atoms with E-state index in [-0.39, 0.29) is 0 Å². The van der Waals surface area contributed by atoms with Crippen molar-refractivity contribution in [3.05, 3.63) is 90.5 Å². The normalized spacial score (nSPS) is 10.7. The molecular weight excluding hydrogens is 314 g/mol. The third-order valence-corrected chi connectivity index (χ3v) is 4.84. The number of nitrogens with zero attached hydrogens (tertiary/aromatic N) is 1. The summed E-state index contributed by atoms with van der Waals surface area (Å²) in [5.74, 6) is 0. The second-order valence-electron chi connectivity index (χ2n) is 6.88. The molecule has 3 rings (SSSR count). The van der Waals surface area contributed by atoms with E-state index in [1.165, 1.54) is 48.1 Å². The van der Waals surface area contributed by atoms with Crippen LogP contribution < -0.4 is 4.90 Å². The highest BCUT2D eigenvalue weighted by atomic mass is 15.1. The summed E-state index contributed by atoms with van der Waals surface area (Å²) in [5.41, 5.74) is 5.23. The quantitative estimate of drug-likeness (QED) is 0.380. The zero-order valence-corrected chi connectivity index (χ0v) is 15.8. The Morgan fingerprint density at radius 3 is 1.88 bits per heavy atom. The van der Waals surface area contributed by atoms with Gasteiger partial charge in [0.1, 0.15) is 0 Å². The van der Waals surface area contributed by atoms with Gasteiger partial charge in [-0.2, -0.15) is 0 Å². The highest BCUT2D eigenvalue weighted by Crippen LogP contribution is 2.24. The molecule has 0 bridgehead atoms. The van der Waals surface area contributed by atoms with Gasteiger partial charge in [-0.1, -0.05) is 99.0 Å². The third kappa shape index (κ3) is 5.23. The van der Waals surface area contributed by atoms with Crippen LogP contribution in [0.5, 0.6) is 0 Å². The Hall–Kier alpha value is -2.54. The first kappa shape index (κ1) is 18.3. The number of rotatable bonds is 9. The van der Waals surface area contributed by atoms with Gasteiger partial charge in [0.15, 0.2) is 0 Å². The van der Waals surface area contributed by atoms with E-state index in [4.69, 9.17) is 0 Å². The van der Waals surface area contributed by atoms with Crippen molar-refractivity contribution >= 4 is 5.69 Å². The molecule has 0 saturated heterocycles. The molecule has 0 fully saturated rings. The fourth-order valence-electron chi connectivity index (χ4n) is 3.33. The Labute approximate surface area is 158 Å². The van der Waals surface area contributed by atoms with Crippen molar-refractivity contribution in [2.45, 2.75) is 39.2 Å². The van der Waals surface area contributed by atoms with Gasteiger partial charge in [0.2, 0.25) is 0 Å². The molecule has 0 aliphatic heterocycles. The lowest BCUT2D eigenvalue weighted by molar-refractivity contribution is 0.642. The summed E-state index contributed by atoms with van der Waals surface area (Å²) >= 11 is 0. The van der Waals surface area contributed by atoms with Gasteiger partial charge in [0, 0.05) is 18.8 Å². The summed E-state index contributed by atoms with van der Waals surface area (Å²) in [7, 11) is 0. The first-order valence-electron chi connectivity index (χ1n) is 9.81. The highest BCUT2D eigenvalue weighted by Gasteiger charge is 2.08. The molecule has 0 spiro atoms. The van der Waals surface area contributed by atoms with Gasteiger partial charge < -0.3 is 4.90 Å². The molecule has 26 heavy (non-hydrogen) atoms. The van der Waals surface area contributed by atoms with Gasteiger partial charge in [-0.25, -0.2) is 0 Å². The van der Waals surface area contributed by atoms with Crippen molar-refractivity contribution in [1.82, 2.24) is 0 Å². The second kappa shape index (κ2) is 9.82. The molecule has 3 aromatic carbocycles. The number of hydrogen-bond acceptors (Lipinski definition) is 1. The first-order chi connectivity index (χ1) is 12.9. The molecule has 0 N–H and O–H groups in total. The van der Waals surface area contributed by atoms with Crippen molar-refractivity contribution in [2.24, 2.45) is 0 Å². The van der Waals surface area contributed by atoms with Crippen LogP contribution in [0.1, 0.15) is 38.2 Å². The number of hydrogen-bond donors (Lipinski definition) is 0. The maximum absolute atomic E-state index is 2.51. The second-order valence-corrected chi connectivity index (χ2v) is 6.88. The Bertz CT molecular complexity index is 747. The van der Waals surface area contributed by atoms with E-state index < -0.39 is 0 Å². The minimum Gasteiger partial charge on any atom is -0.367 e. The highest BCUT2D eigenvalue weighted by molar-refractivity contribution is 5.66. The van der Waals surface area contributed by atoms with E-state index >= 15 is 0 Å². The lowest BCUT2D eigenvalue weighted by Crippen LogP contribution is -2.23. The van der Waals surface area contributed by atoms with Crippen molar-refractivity contribution in [3.63, 3.8) is 0 Å². The van der Waals surface area contributed by atoms with Crippen LogP contribution in [0.25, 0.3) is 11.1 Å². The van der Waals surface area contributed by atoms with Crippen LogP contribution in [0.4, 0.5) is 5.69 Å². The van der Waals surface area contributed by atoms with Crippen LogP contribution in [-0.2, 0) is 6.54 Å². The molecule has 0 aliphatic carbocycles. The van der Waals surface area contributed by atoms with Crippen LogP contribution in [0.3, 0.4) is 0 Å². The van der Waals surface area contributed by atoms with Gasteiger partial charge in [-0.05, 0) is 35.2 Å². The van der Waals surface area contributed by atoms with Gasteiger partial charge in [-0.15, -0.1) is 0 Å². The smallest absolute Gasteiger partial charge is 0.0429 e. The fraction of sp³-hybridized carbons (Fsp3) is 0.280. The molecule has 0 amide bonds. The van der Waals surface area contributed by atoms with E-state index in [0.29, 0.717) is 0 Å². The molecule has 0 saturated carbocycles. The van der Waals surface area contributed by atoms with Crippen LogP contribution in [0, 0.1) is 0 Å². The van der Waals surface area contributed by atoms with E-state index in [2.05, 4.69) is 96.8 Å². The van der Waals surface area contributed by atoms with E-state index in [1.807, 2.05) is 0 Å². The Morgan fingerprint density at radius 2 is 1.23 bits per heavy atom. The van der Waals surface area contributed by atoms with Gasteiger partial charge >= 0.3 is 0 Å². The maximum Gasteiger partial charge on any atom is 0.0429 e. The number of unbranched alkanes of at least 4 members (excludes halogenated alkanes) is 3. The Kier molecular flexibility index (Phi) is 6.89. The van der Waals surface area contributed by atoms with E-state index in [9.17, 15) is 0 Å². The molecule has 1 heteroatoms. The fourth-order valence-corrected chi connectivity index (χ4v) is 3.33. The van der Waals surface area contributed by atoms with Gasteiger partial charge in [-0.3, -0.25) is 0 Å². The predicted octanol–water partition coefficient (Wildman–Crippen LogP) is 6.94. The molecule has 134 valence electrons. The van der Waals surface area contributed by atoms with Crippen molar-refractivity contribution in [2.75, 3.05) is 11.4 Å². The molecular formula is C25H29N. The molecule has 0 aliphatic rings. The summed E-state index contributed by atoms with van der Waals surface area (Å²) in [6, 6.07) is 30.4. The Morgan fingerprint density at radius 1 is 0.615 bits per heavy atom. The molecule has 0 aromatic heterocycles. The number of anilines is 1. The average molecular weight is 344 g/mol. The van der Waals surface area contributed by atoms with Crippen molar-refractivity contribution in [3.8, 4) is 11.1 Å². The predicted molar refractivity (Wildman–Crippen MR) is 114 cm³/mol. The average Bonchev–Trinajstić information content (AvgIpc) is 2.72. The van der Waals surface area contributed by atoms with E-state index in [0.717, 1.165) is 13.1 Å². The monoisotopic (exact) mass is 343 g/mol. The standard InChI is InChI=1S/C25H29N/c1-2-3-4-11-20-26(21-22-12-7-5-8-13-22)25-18-16-24(17-19-25)23-14-9-6-10-15-23/h5-10,12-19H,2-4,11,20-21H2,1H3. The SMILES string of the molecule is CCCCCCN(Cc1ccccc1)c1ccc(-c2ccccc2)cc1. The van der Waals surface area contributed by atoms with Gasteiger partial charge in [0.25, 0.3) is 0 Å². The van der Waals surface area contributed by atoms with Crippen LogP contribution in [0.15, 0.2) is 84.9 Å². The summed E-state index contributed by atoms with van der Waals surface area (Å²) in [6.07, 6.45) is 5.17. The van der Waals surface area contributed by atoms with Crippen molar-refractivity contribution < 1.29 is 0 Å². The molecule has 1 nitrogen and oxygen atoms in total. The first-order valence-corrected chi connectivity index (χ1v) is 9.81. The lowest BCUT2D eigenvalue weighted by Gasteiger charge is -2.25. The summed E-state index contributed by atoms with van der Waals surface area (Å²) in [4.78, 5) is 2.51. The van der Waals surface area contributed by atoms with E-state index in [1.54, 1.807) is 0 Å². The zero-order valence-electron chi connectivity index (χ0n) is 15.8. The van der Waals surface area contributed by atoms with Crippen LogP contribution in [0.2, 0.25) is 0 Å². The minimum atomic E-state index is 0.970. The largest absolute Gasteiger partial charge is 0.367 e. The summed E-state index contributed by atoms with van der Waals surface area (Å²) in [5, 5.41) is 0. The van der Waals surface area contributed by atoms with Crippen LogP contribution >= 0.6 is 0 Å².